The van der Waals surface area contributed by atoms with Crippen LogP contribution in [0.3, 0.4) is 0 Å². The van der Waals surface area contributed by atoms with E-state index in [-0.39, 0.29) is 38.1 Å². The van der Waals surface area contributed by atoms with Crippen LogP contribution in [0.1, 0.15) is 36.8 Å². The molecule has 1 aliphatic carbocycles. The van der Waals surface area contributed by atoms with Crippen LogP contribution in [0.4, 0.5) is 0 Å². The predicted octanol–water partition coefficient (Wildman–Crippen LogP) is 1.81. The third-order valence-corrected chi connectivity index (χ3v) is 5.73. The second-order valence-corrected chi connectivity index (χ2v) is 8.17. The van der Waals surface area contributed by atoms with E-state index < -0.39 is 23.7 Å². The van der Waals surface area contributed by atoms with Crippen molar-refractivity contribution in [1.29, 1.82) is 0 Å². The zero-order valence-electron chi connectivity index (χ0n) is 20.8. The van der Waals surface area contributed by atoms with Crippen LogP contribution in [0.5, 0.6) is 0 Å². The number of nitrogens with one attached hydrogen (secondary N) is 1. The van der Waals surface area contributed by atoms with Gasteiger partial charge in [-0.15, -0.1) is 0 Å². The highest BCUT2D eigenvalue weighted by Crippen LogP contribution is 2.44. The zero-order valence-corrected chi connectivity index (χ0v) is 20.8. The molecule has 0 spiro atoms. The van der Waals surface area contributed by atoms with E-state index in [0.29, 0.717) is 26.4 Å². The fraction of sp³-hybridized carbons (Fsp3) is 0.407. The van der Waals surface area contributed by atoms with E-state index in [1.165, 1.54) is 0 Å². The third-order valence-electron chi connectivity index (χ3n) is 5.73. The minimum atomic E-state index is -0.892. The van der Waals surface area contributed by atoms with Gasteiger partial charge in [0.15, 0.2) is 0 Å². The first-order valence-electron chi connectivity index (χ1n) is 12.0. The molecule has 2 amide bonds. The van der Waals surface area contributed by atoms with E-state index in [2.05, 4.69) is 17.4 Å². The van der Waals surface area contributed by atoms with Crippen LogP contribution in [0.25, 0.3) is 11.1 Å². The van der Waals surface area contributed by atoms with Gasteiger partial charge < -0.3 is 25.3 Å². The number of rotatable bonds is 14. The maximum Gasteiger partial charge on any atom is 0.373 e. The maximum absolute atomic E-state index is 12.6. The summed E-state index contributed by atoms with van der Waals surface area (Å²) in [5, 5.41) is 2.69. The molecule has 0 unspecified atom stereocenters. The van der Waals surface area contributed by atoms with Crippen molar-refractivity contribution in [2.75, 3.05) is 39.6 Å². The summed E-state index contributed by atoms with van der Waals surface area (Å²) in [6.45, 7) is 4.13. The van der Waals surface area contributed by atoms with Gasteiger partial charge >= 0.3 is 12.1 Å². The smallest absolute Gasteiger partial charge is 0.373 e. The average Bonchev–Trinajstić information content (AvgIpc) is 3.20. The highest BCUT2D eigenvalue weighted by atomic mass is 16.5. The summed E-state index contributed by atoms with van der Waals surface area (Å²) in [5.41, 5.74) is 9.77. The molecule has 3 rings (SSSR count). The third kappa shape index (κ3) is 9.27. The van der Waals surface area contributed by atoms with Crippen LogP contribution in [0, 0.1) is 5.92 Å². The summed E-state index contributed by atoms with van der Waals surface area (Å²) < 4.78 is 16.1. The van der Waals surface area contributed by atoms with Crippen LogP contribution < -0.4 is 11.1 Å². The highest BCUT2D eigenvalue weighted by Gasteiger charge is 2.30. The van der Waals surface area contributed by atoms with Crippen molar-refractivity contribution >= 4 is 23.9 Å². The molecule has 2 aromatic rings. The number of ether oxygens (including phenoxy) is 3. The summed E-state index contributed by atoms with van der Waals surface area (Å²) in [6, 6.07) is 16.1. The fourth-order valence-electron chi connectivity index (χ4n) is 4.13. The van der Waals surface area contributed by atoms with Gasteiger partial charge in [0, 0.05) is 25.5 Å². The molecule has 3 N–H and O–H groups in total. The van der Waals surface area contributed by atoms with Gasteiger partial charge in [-0.3, -0.25) is 14.4 Å². The van der Waals surface area contributed by atoms with E-state index >= 15 is 0 Å². The molecule has 1 atom stereocenters. The maximum atomic E-state index is 12.6. The Kier molecular flexibility index (Phi) is 12.7. The lowest BCUT2D eigenvalue weighted by molar-refractivity contribution is -0.191. The summed E-state index contributed by atoms with van der Waals surface area (Å²) in [6.07, 6.45) is -0.211. The number of carbonyl (C=O) groups is 3. The second kappa shape index (κ2) is 16.0. The van der Waals surface area contributed by atoms with Crippen molar-refractivity contribution in [3.63, 3.8) is 0 Å². The number of benzene rings is 2. The standard InChI is InChI=1S/C26H32N2O6.CO2/c1-2-32-13-14-33-12-11-28-26(31)18(15-24(27)29)16-25(30)34-17-23-21-9-5-3-7-19(21)20-8-4-6-10-22(20)23;2-1-3/h3-10,18,23H,2,11-17H2,1H3,(H2,27,29)(H,28,31);/t18-;/m1./s1. The lowest BCUT2D eigenvalue weighted by atomic mass is 9.97. The van der Waals surface area contributed by atoms with Crippen molar-refractivity contribution < 1.29 is 38.2 Å². The molecule has 0 radical (unpaired) electrons. The van der Waals surface area contributed by atoms with Crippen molar-refractivity contribution in [3.05, 3.63) is 59.7 Å². The highest BCUT2D eigenvalue weighted by molar-refractivity contribution is 5.88. The van der Waals surface area contributed by atoms with Gasteiger partial charge in [0.2, 0.25) is 11.8 Å². The molecule has 37 heavy (non-hydrogen) atoms. The van der Waals surface area contributed by atoms with E-state index in [0.717, 1.165) is 22.3 Å². The van der Waals surface area contributed by atoms with Crippen molar-refractivity contribution in [1.82, 2.24) is 5.32 Å². The molecule has 10 nitrogen and oxygen atoms in total. The summed E-state index contributed by atoms with van der Waals surface area (Å²) in [5.74, 6) is -2.60. The van der Waals surface area contributed by atoms with Crippen molar-refractivity contribution in [2.24, 2.45) is 11.7 Å². The van der Waals surface area contributed by atoms with Crippen LogP contribution in [-0.2, 0) is 38.2 Å². The minimum Gasteiger partial charge on any atom is -0.465 e. The first kappa shape index (κ1) is 29.4. The topological polar surface area (TPSA) is 151 Å². The summed E-state index contributed by atoms with van der Waals surface area (Å²) in [7, 11) is 0. The van der Waals surface area contributed by atoms with Gasteiger partial charge in [0.25, 0.3) is 0 Å². The van der Waals surface area contributed by atoms with Crippen molar-refractivity contribution in [3.8, 4) is 11.1 Å². The Labute approximate surface area is 215 Å². The summed E-state index contributed by atoms with van der Waals surface area (Å²) in [4.78, 5) is 52.8. The van der Waals surface area contributed by atoms with Gasteiger partial charge in [0.1, 0.15) is 6.61 Å². The van der Waals surface area contributed by atoms with Gasteiger partial charge in [-0.1, -0.05) is 48.5 Å². The van der Waals surface area contributed by atoms with Crippen LogP contribution in [0.15, 0.2) is 48.5 Å². The number of esters is 1. The number of fused-ring (bicyclic) bond motifs is 3. The Balaban J connectivity index is 0.00000153. The molecule has 0 aromatic heterocycles. The van der Waals surface area contributed by atoms with E-state index in [1.807, 2.05) is 43.3 Å². The molecular formula is C27H32N2O8. The quantitative estimate of drug-likeness (QED) is 0.287. The Morgan fingerprint density at radius 2 is 1.49 bits per heavy atom. The minimum absolute atomic E-state index is 0.0754. The normalized spacial score (nSPS) is 12.2. The molecule has 0 fully saturated rings. The van der Waals surface area contributed by atoms with Gasteiger partial charge in [-0.05, 0) is 29.2 Å². The number of hydrogen-bond acceptors (Lipinski definition) is 8. The van der Waals surface area contributed by atoms with Crippen LogP contribution in [0.2, 0.25) is 0 Å². The SMILES string of the molecule is CCOCCOCCNC(=O)[C@H](CC(N)=O)CC(=O)OCC1c2ccccc2-c2ccccc21.O=C=O. The molecule has 10 heteroatoms. The van der Waals surface area contributed by atoms with E-state index in [4.69, 9.17) is 29.5 Å². The van der Waals surface area contributed by atoms with Gasteiger partial charge in [-0.25, -0.2) is 0 Å². The molecule has 198 valence electrons. The average molecular weight is 513 g/mol. The van der Waals surface area contributed by atoms with Crippen LogP contribution in [-0.4, -0.2) is 63.5 Å². The largest absolute Gasteiger partial charge is 0.465 e. The Morgan fingerprint density at radius 1 is 0.919 bits per heavy atom. The Hall–Kier alpha value is -3.85. The van der Waals surface area contributed by atoms with Gasteiger partial charge in [-0.2, -0.15) is 9.59 Å². The number of hydrogen-bond donors (Lipinski definition) is 2. The van der Waals surface area contributed by atoms with Crippen molar-refractivity contribution in [2.45, 2.75) is 25.7 Å². The van der Waals surface area contributed by atoms with Gasteiger partial charge in [0.05, 0.1) is 32.2 Å². The molecule has 0 aliphatic heterocycles. The second-order valence-electron chi connectivity index (χ2n) is 8.17. The number of primary amides is 1. The molecule has 0 bridgehead atoms. The summed E-state index contributed by atoms with van der Waals surface area (Å²) >= 11 is 0. The first-order valence-corrected chi connectivity index (χ1v) is 12.0. The number of nitrogens with two attached hydrogens (primary N) is 1. The van der Waals surface area contributed by atoms with E-state index in [9.17, 15) is 14.4 Å². The molecule has 0 saturated heterocycles. The lowest BCUT2D eigenvalue weighted by Crippen LogP contribution is -2.36. The lowest BCUT2D eigenvalue weighted by Gasteiger charge is -2.17. The zero-order chi connectivity index (χ0) is 27.0. The van der Waals surface area contributed by atoms with E-state index in [1.54, 1.807) is 0 Å². The molecule has 2 aromatic carbocycles. The number of carbonyl (C=O) groups excluding carboxylic acids is 5. The molecule has 1 aliphatic rings. The monoisotopic (exact) mass is 512 g/mol. The predicted molar refractivity (Wildman–Crippen MR) is 132 cm³/mol. The first-order chi connectivity index (χ1) is 17.9. The van der Waals surface area contributed by atoms with Crippen LogP contribution >= 0.6 is 0 Å². The fourth-order valence-corrected chi connectivity index (χ4v) is 4.13. The molecule has 0 heterocycles. The Morgan fingerprint density at radius 3 is 2.05 bits per heavy atom. The molecular weight excluding hydrogens is 480 g/mol. The number of amides is 2. The molecule has 0 saturated carbocycles. The Bertz CT molecular complexity index is 1040.